The van der Waals surface area contributed by atoms with Crippen molar-refractivity contribution in [2.45, 2.75) is 18.4 Å². The second kappa shape index (κ2) is 10.3. The monoisotopic (exact) mass is 438 g/mol. The van der Waals surface area contributed by atoms with Crippen LogP contribution in [0.3, 0.4) is 0 Å². The van der Waals surface area contributed by atoms with Crippen LogP contribution in [-0.4, -0.2) is 66.0 Å². The molecule has 2 aromatic rings. The Kier molecular flexibility index (Phi) is 8.04. The number of aryl methyl sites for hydroxylation is 1. The number of hydrogen-bond donors (Lipinski definition) is 2. The van der Waals surface area contributed by atoms with Crippen LogP contribution in [0.25, 0.3) is 0 Å². The standard InChI is InChI=1S/C18H21FN2O2S.C2H2O4/c1-15-3-2-4-16(13-15)14-20-9-11-21(12-10-20)24(22,23)18-7-5-17(19)6-8-18;3-1(4)2(5)6/h2-8,13H,9-12,14H2,1H3;(H,3,4)(H,5,6). The molecule has 1 heterocycles. The molecule has 2 aromatic carbocycles. The van der Waals surface area contributed by atoms with E-state index in [9.17, 15) is 12.8 Å². The molecule has 162 valence electrons. The third kappa shape index (κ3) is 6.61. The van der Waals surface area contributed by atoms with Crippen LogP contribution in [0.5, 0.6) is 0 Å². The average Bonchev–Trinajstić information content (AvgIpc) is 2.69. The van der Waals surface area contributed by atoms with Crippen molar-refractivity contribution in [3.05, 3.63) is 65.5 Å². The Bertz CT molecular complexity index is 975. The van der Waals surface area contributed by atoms with E-state index in [0.717, 1.165) is 6.54 Å². The van der Waals surface area contributed by atoms with E-state index in [0.29, 0.717) is 26.2 Å². The molecule has 1 aliphatic rings. The van der Waals surface area contributed by atoms with Gasteiger partial charge in [-0.05, 0) is 36.8 Å². The molecule has 0 unspecified atom stereocenters. The van der Waals surface area contributed by atoms with Gasteiger partial charge in [0.05, 0.1) is 4.90 Å². The summed E-state index contributed by atoms with van der Waals surface area (Å²) >= 11 is 0. The van der Waals surface area contributed by atoms with Crippen molar-refractivity contribution in [3.8, 4) is 0 Å². The number of rotatable bonds is 4. The zero-order chi connectivity index (χ0) is 22.3. The fourth-order valence-electron chi connectivity index (χ4n) is 2.95. The molecule has 0 aromatic heterocycles. The summed E-state index contributed by atoms with van der Waals surface area (Å²) in [5, 5.41) is 14.8. The Morgan fingerprint density at radius 3 is 2.03 bits per heavy atom. The quantitative estimate of drug-likeness (QED) is 0.700. The summed E-state index contributed by atoms with van der Waals surface area (Å²) in [6, 6.07) is 13.4. The Labute approximate surface area is 174 Å². The number of carboxylic acids is 2. The zero-order valence-electron chi connectivity index (χ0n) is 16.4. The van der Waals surface area contributed by atoms with Gasteiger partial charge in [-0.1, -0.05) is 29.8 Å². The van der Waals surface area contributed by atoms with Crippen LogP contribution in [0.2, 0.25) is 0 Å². The first-order chi connectivity index (χ1) is 14.1. The predicted molar refractivity (Wildman–Crippen MR) is 107 cm³/mol. The lowest BCUT2D eigenvalue weighted by Crippen LogP contribution is -2.48. The fraction of sp³-hybridized carbons (Fsp3) is 0.300. The van der Waals surface area contributed by atoms with E-state index in [1.165, 1.54) is 39.7 Å². The van der Waals surface area contributed by atoms with E-state index < -0.39 is 27.8 Å². The van der Waals surface area contributed by atoms with Gasteiger partial charge in [0.25, 0.3) is 0 Å². The van der Waals surface area contributed by atoms with Gasteiger partial charge in [0.2, 0.25) is 10.0 Å². The van der Waals surface area contributed by atoms with Gasteiger partial charge in [0.15, 0.2) is 0 Å². The van der Waals surface area contributed by atoms with Crippen molar-refractivity contribution >= 4 is 22.0 Å². The normalized spacial score (nSPS) is 15.1. The topological polar surface area (TPSA) is 115 Å². The number of carboxylic acid groups (broad SMARTS) is 2. The lowest BCUT2D eigenvalue weighted by molar-refractivity contribution is -0.159. The van der Waals surface area contributed by atoms with E-state index >= 15 is 0 Å². The summed E-state index contributed by atoms with van der Waals surface area (Å²) < 4.78 is 39.7. The lowest BCUT2D eigenvalue weighted by Gasteiger charge is -2.34. The summed E-state index contributed by atoms with van der Waals surface area (Å²) in [6.45, 7) is 5.17. The summed E-state index contributed by atoms with van der Waals surface area (Å²) in [5.74, 6) is -4.08. The van der Waals surface area contributed by atoms with Gasteiger partial charge in [0.1, 0.15) is 5.82 Å². The molecular formula is C20H23FN2O6S. The van der Waals surface area contributed by atoms with Crippen LogP contribution in [-0.2, 0) is 26.2 Å². The minimum absolute atomic E-state index is 0.149. The second-order valence-electron chi connectivity index (χ2n) is 6.73. The van der Waals surface area contributed by atoms with Crippen LogP contribution >= 0.6 is 0 Å². The first-order valence-corrected chi connectivity index (χ1v) is 10.5. The van der Waals surface area contributed by atoms with Gasteiger partial charge in [-0.15, -0.1) is 0 Å². The molecule has 8 nitrogen and oxygen atoms in total. The molecule has 30 heavy (non-hydrogen) atoms. The lowest BCUT2D eigenvalue weighted by atomic mass is 10.1. The SMILES string of the molecule is Cc1cccc(CN2CCN(S(=O)(=O)c3ccc(F)cc3)CC2)c1.O=C(O)C(=O)O. The minimum Gasteiger partial charge on any atom is -0.473 e. The highest BCUT2D eigenvalue weighted by Crippen LogP contribution is 2.19. The summed E-state index contributed by atoms with van der Waals surface area (Å²) in [6.07, 6.45) is 0. The number of aliphatic carboxylic acids is 2. The van der Waals surface area contributed by atoms with Gasteiger partial charge in [-0.2, -0.15) is 4.31 Å². The molecule has 0 aliphatic carbocycles. The van der Waals surface area contributed by atoms with Crippen LogP contribution in [0.4, 0.5) is 4.39 Å². The molecule has 1 aliphatic heterocycles. The van der Waals surface area contributed by atoms with Crippen LogP contribution < -0.4 is 0 Å². The van der Waals surface area contributed by atoms with Crippen molar-refractivity contribution in [3.63, 3.8) is 0 Å². The summed E-state index contributed by atoms with van der Waals surface area (Å²) in [4.78, 5) is 20.6. The van der Waals surface area contributed by atoms with Crippen LogP contribution in [0, 0.1) is 12.7 Å². The maximum atomic E-state index is 13.0. The third-order valence-electron chi connectivity index (χ3n) is 4.45. The van der Waals surface area contributed by atoms with E-state index in [2.05, 4.69) is 30.0 Å². The van der Waals surface area contributed by atoms with Gasteiger partial charge in [-0.25, -0.2) is 22.4 Å². The number of carbonyl (C=O) groups is 2. The maximum absolute atomic E-state index is 13.0. The predicted octanol–water partition coefficient (Wildman–Crippen LogP) is 1.80. The first-order valence-electron chi connectivity index (χ1n) is 9.09. The highest BCUT2D eigenvalue weighted by molar-refractivity contribution is 7.89. The van der Waals surface area contributed by atoms with Crippen molar-refractivity contribution in [1.29, 1.82) is 0 Å². The molecule has 1 fully saturated rings. The van der Waals surface area contributed by atoms with E-state index in [1.54, 1.807) is 0 Å². The van der Waals surface area contributed by atoms with Gasteiger partial charge in [-0.3, -0.25) is 4.90 Å². The summed E-state index contributed by atoms with van der Waals surface area (Å²) in [7, 11) is -3.54. The minimum atomic E-state index is -3.54. The molecule has 0 radical (unpaired) electrons. The molecule has 2 N–H and O–H groups in total. The van der Waals surface area contributed by atoms with Crippen molar-refractivity contribution in [2.75, 3.05) is 26.2 Å². The smallest absolute Gasteiger partial charge is 0.414 e. The fourth-order valence-corrected chi connectivity index (χ4v) is 4.37. The Hall–Kier alpha value is -2.82. The molecule has 0 atom stereocenters. The second-order valence-corrected chi connectivity index (χ2v) is 8.67. The zero-order valence-corrected chi connectivity index (χ0v) is 17.2. The van der Waals surface area contributed by atoms with E-state index in [-0.39, 0.29) is 4.90 Å². The Morgan fingerprint density at radius 2 is 1.53 bits per heavy atom. The number of nitrogens with zero attached hydrogens (tertiary/aromatic N) is 2. The number of halogens is 1. The van der Waals surface area contributed by atoms with Crippen molar-refractivity contribution in [1.82, 2.24) is 9.21 Å². The van der Waals surface area contributed by atoms with Gasteiger partial charge < -0.3 is 10.2 Å². The first kappa shape index (κ1) is 23.5. The largest absolute Gasteiger partial charge is 0.473 e. The molecular weight excluding hydrogens is 415 g/mol. The van der Waals surface area contributed by atoms with Crippen LogP contribution in [0.15, 0.2) is 53.4 Å². The Morgan fingerprint density at radius 1 is 0.967 bits per heavy atom. The molecule has 0 spiro atoms. The highest BCUT2D eigenvalue weighted by atomic mass is 32.2. The number of piperazine rings is 1. The molecule has 3 rings (SSSR count). The van der Waals surface area contributed by atoms with Crippen molar-refractivity contribution in [2.24, 2.45) is 0 Å². The molecule has 0 saturated carbocycles. The highest BCUT2D eigenvalue weighted by Gasteiger charge is 2.28. The van der Waals surface area contributed by atoms with Gasteiger partial charge >= 0.3 is 11.9 Å². The number of hydrogen-bond acceptors (Lipinski definition) is 5. The molecule has 0 bridgehead atoms. The molecule has 0 amide bonds. The molecule has 1 saturated heterocycles. The maximum Gasteiger partial charge on any atom is 0.414 e. The average molecular weight is 438 g/mol. The van der Waals surface area contributed by atoms with Gasteiger partial charge in [0, 0.05) is 32.7 Å². The number of sulfonamides is 1. The molecule has 10 heteroatoms. The number of benzene rings is 2. The Balaban J connectivity index is 0.000000469. The van der Waals surface area contributed by atoms with Crippen LogP contribution in [0.1, 0.15) is 11.1 Å². The summed E-state index contributed by atoms with van der Waals surface area (Å²) in [5.41, 5.74) is 2.47. The van der Waals surface area contributed by atoms with E-state index in [4.69, 9.17) is 19.8 Å². The third-order valence-corrected chi connectivity index (χ3v) is 6.37. The van der Waals surface area contributed by atoms with Crippen molar-refractivity contribution < 1.29 is 32.6 Å². The van der Waals surface area contributed by atoms with E-state index in [1.807, 2.05) is 6.07 Å².